The third kappa shape index (κ3) is 4.00. The molecule has 4 N–H and O–H groups in total. The smallest absolute Gasteiger partial charge is 0.428 e. The van der Waals surface area contributed by atoms with Crippen molar-refractivity contribution in [2.45, 2.75) is 55.9 Å². The van der Waals surface area contributed by atoms with Crippen LogP contribution in [0.25, 0.3) is 11.0 Å². The zero-order chi connectivity index (χ0) is 18.7. The Morgan fingerprint density at radius 3 is 2.50 bits per heavy atom. The SMILES string of the molecule is O=C(O)NO.O=S(=O)(NC1CCCC1)c1ccc2c3c(oc2c1)CCC3. The minimum Gasteiger partial charge on any atom is -0.464 e. The summed E-state index contributed by atoms with van der Waals surface area (Å²) in [6.07, 6.45) is 5.79. The number of hydrogen-bond donors (Lipinski definition) is 4. The Balaban J connectivity index is 0.000000349. The van der Waals surface area contributed by atoms with Crippen molar-refractivity contribution in [2.75, 3.05) is 0 Å². The summed E-state index contributed by atoms with van der Waals surface area (Å²) in [5, 5.41) is 15.7. The van der Waals surface area contributed by atoms with Gasteiger partial charge >= 0.3 is 6.09 Å². The summed E-state index contributed by atoms with van der Waals surface area (Å²) in [6.45, 7) is 0. The Morgan fingerprint density at radius 2 is 1.85 bits per heavy atom. The lowest BCUT2D eigenvalue weighted by Crippen LogP contribution is -2.32. The van der Waals surface area contributed by atoms with Gasteiger partial charge in [0.1, 0.15) is 11.3 Å². The van der Waals surface area contributed by atoms with Gasteiger partial charge in [-0.05, 0) is 37.8 Å². The van der Waals surface area contributed by atoms with E-state index in [1.54, 1.807) is 12.1 Å². The van der Waals surface area contributed by atoms with E-state index in [4.69, 9.17) is 19.5 Å². The first-order chi connectivity index (χ1) is 12.4. The molecule has 1 amide bonds. The molecule has 2 aliphatic rings. The number of hydroxylamine groups is 1. The molecule has 26 heavy (non-hydrogen) atoms. The molecule has 0 bridgehead atoms. The van der Waals surface area contributed by atoms with E-state index in [-0.39, 0.29) is 6.04 Å². The first-order valence-corrected chi connectivity index (χ1v) is 10.1. The van der Waals surface area contributed by atoms with Crippen LogP contribution in [-0.4, -0.2) is 30.9 Å². The Kier molecular flexibility index (Phi) is 5.49. The van der Waals surface area contributed by atoms with Gasteiger partial charge in [-0.3, -0.25) is 5.21 Å². The quantitative estimate of drug-likeness (QED) is 0.477. The number of aryl methyl sites for hydroxylation is 2. The van der Waals surface area contributed by atoms with Crippen LogP contribution in [0.5, 0.6) is 0 Å². The van der Waals surface area contributed by atoms with E-state index in [0.717, 1.165) is 61.6 Å². The molecule has 1 aromatic heterocycles. The van der Waals surface area contributed by atoms with Crippen LogP contribution in [0.1, 0.15) is 43.4 Å². The van der Waals surface area contributed by atoms with Gasteiger partial charge in [0.2, 0.25) is 10.0 Å². The van der Waals surface area contributed by atoms with Crippen molar-refractivity contribution >= 4 is 27.1 Å². The Morgan fingerprint density at radius 1 is 1.15 bits per heavy atom. The average molecular weight is 382 g/mol. The van der Waals surface area contributed by atoms with Crippen LogP contribution in [0.4, 0.5) is 4.79 Å². The lowest BCUT2D eigenvalue weighted by atomic mass is 10.1. The molecule has 142 valence electrons. The van der Waals surface area contributed by atoms with E-state index in [2.05, 4.69) is 4.72 Å². The van der Waals surface area contributed by atoms with Gasteiger partial charge in [0.15, 0.2) is 0 Å². The van der Waals surface area contributed by atoms with Crippen molar-refractivity contribution in [3.8, 4) is 0 Å². The van der Waals surface area contributed by atoms with Gasteiger partial charge in [-0.1, -0.05) is 12.8 Å². The maximum absolute atomic E-state index is 12.5. The molecule has 0 radical (unpaired) electrons. The van der Waals surface area contributed by atoms with E-state index in [0.29, 0.717) is 10.5 Å². The highest BCUT2D eigenvalue weighted by Gasteiger charge is 2.25. The monoisotopic (exact) mass is 382 g/mol. The number of nitrogens with one attached hydrogen (secondary N) is 2. The largest absolute Gasteiger partial charge is 0.464 e. The van der Waals surface area contributed by atoms with Crippen molar-refractivity contribution in [2.24, 2.45) is 0 Å². The van der Waals surface area contributed by atoms with Gasteiger partial charge in [-0.2, -0.15) is 0 Å². The molecule has 8 nitrogen and oxygen atoms in total. The number of hydrogen-bond acceptors (Lipinski definition) is 5. The number of fused-ring (bicyclic) bond motifs is 3. The van der Waals surface area contributed by atoms with Crippen molar-refractivity contribution in [3.05, 3.63) is 29.5 Å². The fourth-order valence-electron chi connectivity index (χ4n) is 3.58. The zero-order valence-corrected chi connectivity index (χ0v) is 15.0. The molecule has 4 rings (SSSR count). The molecule has 0 saturated heterocycles. The molecule has 1 saturated carbocycles. The molecule has 2 aromatic rings. The summed E-state index contributed by atoms with van der Waals surface area (Å²) < 4.78 is 33.5. The van der Waals surface area contributed by atoms with Crippen LogP contribution < -0.4 is 10.2 Å². The number of furan rings is 1. The molecule has 0 atom stereocenters. The summed E-state index contributed by atoms with van der Waals surface area (Å²) in [6, 6.07) is 5.36. The minimum absolute atomic E-state index is 0.0901. The summed E-state index contributed by atoms with van der Waals surface area (Å²) in [4.78, 5) is 9.32. The van der Waals surface area contributed by atoms with Crippen molar-refractivity contribution in [3.63, 3.8) is 0 Å². The van der Waals surface area contributed by atoms with Gasteiger partial charge in [-0.15, -0.1) is 0 Å². The van der Waals surface area contributed by atoms with Gasteiger partial charge in [0, 0.05) is 29.5 Å². The van der Waals surface area contributed by atoms with Crippen molar-refractivity contribution in [1.82, 2.24) is 10.2 Å². The molecular weight excluding hydrogens is 360 g/mol. The molecule has 0 unspecified atom stereocenters. The summed E-state index contributed by atoms with van der Waals surface area (Å²) in [7, 11) is -3.44. The van der Waals surface area contributed by atoms with Gasteiger partial charge in [0.05, 0.1) is 4.90 Å². The molecule has 0 aliphatic heterocycles. The second-order valence-corrected chi connectivity index (χ2v) is 8.25. The Bertz CT molecular complexity index is 899. The third-order valence-corrected chi connectivity index (χ3v) is 6.28. The fraction of sp³-hybridized carbons (Fsp3) is 0.471. The number of benzene rings is 1. The molecule has 1 fully saturated rings. The van der Waals surface area contributed by atoms with E-state index < -0.39 is 16.1 Å². The van der Waals surface area contributed by atoms with E-state index in [1.165, 1.54) is 5.56 Å². The molecule has 9 heteroatoms. The van der Waals surface area contributed by atoms with E-state index in [9.17, 15) is 8.42 Å². The van der Waals surface area contributed by atoms with Gasteiger partial charge in [-0.25, -0.2) is 23.4 Å². The van der Waals surface area contributed by atoms with Crippen molar-refractivity contribution in [1.29, 1.82) is 0 Å². The standard InChI is InChI=1S/C16H19NO3S.CH3NO3/c18-21(19,17-11-4-1-2-5-11)12-8-9-14-13-6-3-7-15(13)20-16(14)10-12;3-1(4)2-5/h8-11,17H,1-7H2;2,5H,(H,3,4). The third-order valence-electron chi connectivity index (χ3n) is 4.76. The normalized spacial score (nSPS) is 17.0. The zero-order valence-electron chi connectivity index (χ0n) is 14.2. The second-order valence-electron chi connectivity index (χ2n) is 6.53. The Labute approximate surface area is 151 Å². The first-order valence-electron chi connectivity index (χ1n) is 8.60. The topological polar surface area (TPSA) is 129 Å². The molecular formula is C17H22N2O6S. The lowest BCUT2D eigenvalue weighted by Gasteiger charge is -2.12. The lowest BCUT2D eigenvalue weighted by molar-refractivity contribution is 0.122. The molecule has 1 aromatic carbocycles. The highest BCUT2D eigenvalue weighted by Crippen LogP contribution is 2.34. The van der Waals surface area contributed by atoms with E-state index >= 15 is 0 Å². The van der Waals surface area contributed by atoms with Crippen LogP contribution in [0.2, 0.25) is 0 Å². The highest BCUT2D eigenvalue weighted by atomic mass is 32.2. The summed E-state index contributed by atoms with van der Waals surface area (Å²) in [5.74, 6) is 1.03. The first kappa shape index (κ1) is 18.7. The van der Waals surface area contributed by atoms with Crippen LogP contribution in [0, 0.1) is 0 Å². The number of carbonyl (C=O) groups is 1. The molecule has 2 aliphatic carbocycles. The average Bonchev–Trinajstić information content (AvgIpc) is 3.31. The second kappa shape index (κ2) is 7.65. The Hall–Kier alpha value is -2.10. The maximum Gasteiger partial charge on any atom is 0.428 e. The summed E-state index contributed by atoms with van der Waals surface area (Å²) in [5.41, 5.74) is 2.91. The predicted molar refractivity (Wildman–Crippen MR) is 93.8 cm³/mol. The number of rotatable bonds is 3. The predicted octanol–water partition coefficient (Wildman–Crippen LogP) is 2.79. The fourth-order valence-corrected chi connectivity index (χ4v) is 4.90. The van der Waals surface area contributed by atoms with Gasteiger partial charge < -0.3 is 9.52 Å². The van der Waals surface area contributed by atoms with Crippen LogP contribution in [0.15, 0.2) is 27.5 Å². The minimum atomic E-state index is -3.44. The number of amides is 1. The van der Waals surface area contributed by atoms with Crippen LogP contribution in [-0.2, 0) is 22.9 Å². The number of sulfonamides is 1. The van der Waals surface area contributed by atoms with Crippen LogP contribution in [0.3, 0.4) is 0 Å². The van der Waals surface area contributed by atoms with E-state index in [1.807, 2.05) is 6.07 Å². The van der Waals surface area contributed by atoms with Gasteiger partial charge in [0.25, 0.3) is 0 Å². The maximum atomic E-state index is 12.5. The molecule has 1 heterocycles. The number of carboxylic acid groups (broad SMARTS) is 1. The molecule has 0 spiro atoms. The van der Waals surface area contributed by atoms with Crippen LogP contribution >= 0.6 is 0 Å². The summed E-state index contributed by atoms with van der Waals surface area (Å²) >= 11 is 0. The van der Waals surface area contributed by atoms with Crippen molar-refractivity contribution < 1.29 is 27.9 Å². The highest BCUT2D eigenvalue weighted by molar-refractivity contribution is 7.89.